The van der Waals surface area contributed by atoms with E-state index in [1.165, 1.54) is 109 Å². The smallest absolute Gasteiger partial charge is 0.206 e. The molecule has 0 aliphatic heterocycles. The maximum atomic E-state index is 15.0. The average molecular weight is 687 g/mol. The van der Waals surface area contributed by atoms with Crippen LogP contribution in [0.3, 0.4) is 0 Å². The van der Waals surface area contributed by atoms with E-state index < -0.39 is 80.4 Å². The number of Topliss-reactive ketones (excluding diaryl/α,β-unsaturated/α-hetero) is 4. The Balaban J connectivity index is 1.81. The van der Waals surface area contributed by atoms with Crippen molar-refractivity contribution in [2.45, 2.75) is 40.5 Å². The van der Waals surface area contributed by atoms with Gasteiger partial charge in [0.05, 0.1) is 0 Å². The highest BCUT2D eigenvalue weighted by Gasteiger charge is 2.90. The third-order valence-electron chi connectivity index (χ3n) is 9.89. The molecule has 6 atom stereocenters. The van der Waals surface area contributed by atoms with E-state index in [2.05, 4.69) is 0 Å². The molecule has 10 nitrogen and oxygen atoms in total. The summed E-state index contributed by atoms with van der Waals surface area (Å²) in [5, 5.41) is 77.8. The molecule has 1 saturated carbocycles. The van der Waals surface area contributed by atoms with Gasteiger partial charge in [-0.2, -0.15) is 0 Å². The molecule has 5 aromatic carbocycles. The number of ketones is 4. The van der Waals surface area contributed by atoms with Crippen LogP contribution < -0.4 is 0 Å². The Morgan fingerprint density at radius 1 is 0.412 bits per heavy atom. The lowest BCUT2D eigenvalue weighted by molar-refractivity contribution is -0.351. The third-order valence-corrected chi connectivity index (χ3v) is 9.89. The maximum Gasteiger partial charge on any atom is 0.206 e. The van der Waals surface area contributed by atoms with Crippen LogP contribution in [0.2, 0.25) is 0 Å². The molecule has 6 N–H and O–H groups in total. The number of hydrogen-bond donors (Lipinski definition) is 6. The van der Waals surface area contributed by atoms with E-state index in [9.17, 15) is 45.0 Å². The number of carbonyl (C=O) groups is 4. The van der Waals surface area contributed by atoms with E-state index in [1.54, 1.807) is 6.07 Å². The van der Waals surface area contributed by atoms with Gasteiger partial charge >= 0.3 is 0 Å². The molecular weight excluding hydrogens is 652 g/mol. The second kappa shape index (κ2) is 13.0. The lowest BCUT2D eigenvalue weighted by Crippen LogP contribution is -2.97. The summed E-state index contributed by atoms with van der Waals surface area (Å²) >= 11 is 0. The minimum Gasteiger partial charge on any atom is -0.386 e. The van der Waals surface area contributed by atoms with E-state index in [4.69, 9.17) is 0 Å². The van der Waals surface area contributed by atoms with Crippen LogP contribution in [0.5, 0.6) is 0 Å². The van der Waals surface area contributed by atoms with Crippen molar-refractivity contribution in [3.05, 3.63) is 179 Å². The molecule has 5 aromatic rings. The molecule has 0 spiro atoms. The molecule has 6 rings (SSSR count). The van der Waals surface area contributed by atoms with Gasteiger partial charge in [0.1, 0.15) is 11.7 Å². The molecule has 0 aromatic heterocycles. The van der Waals surface area contributed by atoms with Crippen LogP contribution >= 0.6 is 0 Å². The van der Waals surface area contributed by atoms with Gasteiger partial charge in [0.2, 0.25) is 23.0 Å². The summed E-state index contributed by atoms with van der Waals surface area (Å²) < 4.78 is 0. The number of benzene rings is 5. The highest BCUT2D eigenvalue weighted by atomic mass is 16.5. The molecule has 1 aliphatic carbocycles. The van der Waals surface area contributed by atoms with Gasteiger partial charge in [0, 0.05) is 28.7 Å². The van der Waals surface area contributed by atoms with Crippen molar-refractivity contribution in [2.75, 3.05) is 0 Å². The number of aliphatic hydroxyl groups excluding tert-OH is 1. The van der Waals surface area contributed by atoms with Crippen LogP contribution in [-0.2, 0) is 6.42 Å². The molecular formula is C41H34O10. The molecule has 0 heterocycles. The molecule has 258 valence electrons. The summed E-state index contributed by atoms with van der Waals surface area (Å²) in [6.45, 7) is 0. The predicted octanol–water partition coefficient (Wildman–Crippen LogP) is 2.79. The van der Waals surface area contributed by atoms with Gasteiger partial charge in [-0.1, -0.05) is 152 Å². The SMILES string of the molecule is O=C(c1ccccc1)[C@@]1(O)[C@](O)(Cc2ccccc2)[C@@](O)(C(=O)c2ccccc2)[C@H](O)[C@](O)(C(=O)c2ccccc2)[C@]1(O)C(=O)c1ccccc1. The lowest BCUT2D eigenvalue weighted by Gasteiger charge is -2.65. The van der Waals surface area contributed by atoms with E-state index >= 15 is 4.79 Å². The standard InChI is InChI=1S/C41H34O10/c42-32(28-18-8-2-9-19-28)38(48)36(46)39(49,33(43)29-20-10-3-11-21-29)41(51,35(45)31-24-14-5-15-25-31)40(50,34(44)30-22-12-4-13-23-30)37(38,47)26-27-16-6-1-7-17-27/h1-25,36,46-51H,26H2/t36-,37-,38+,39+,40+,41+/m0/s1. The topological polar surface area (TPSA) is 190 Å². The monoisotopic (exact) mass is 686 g/mol. The molecule has 0 saturated heterocycles. The molecule has 0 radical (unpaired) electrons. The van der Waals surface area contributed by atoms with Crippen molar-refractivity contribution < 1.29 is 49.8 Å². The quantitative estimate of drug-likeness (QED) is 0.119. The Morgan fingerprint density at radius 3 is 1.08 bits per heavy atom. The van der Waals surface area contributed by atoms with Crippen LogP contribution in [-0.4, -0.2) is 87.9 Å². The summed E-state index contributed by atoms with van der Waals surface area (Å²) in [6, 6.07) is 33.7. The molecule has 1 fully saturated rings. The Hall–Kier alpha value is -5.46. The van der Waals surface area contributed by atoms with Gasteiger partial charge in [-0.05, 0) is 5.56 Å². The second-order valence-corrected chi connectivity index (χ2v) is 12.7. The molecule has 0 bridgehead atoms. The number of hydrogen-bond acceptors (Lipinski definition) is 10. The summed E-state index contributed by atoms with van der Waals surface area (Å²) in [6.07, 6.45) is -4.35. The Morgan fingerprint density at radius 2 is 0.706 bits per heavy atom. The van der Waals surface area contributed by atoms with Crippen LogP contribution in [0.4, 0.5) is 0 Å². The van der Waals surface area contributed by atoms with Gasteiger partial charge in [0.25, 0.3) is 0 Å². The van der Waals surface area contributed by atoms with Crippen LogP contribution in [0.15, 0.2) is 152 Å². The molecule has 10 heteroatoms. The maximum absolute atomic E-state index is 15.0. The largest absolute Gasteiger partial charge is 0.386 e. The first-order valence-corrected chi connectivity index (χ1v) is 16.0. The minimum atomic E-state index is -4.21. The Labute approximate surface area is 292 Å². The van der Waals surface area contributed by atoms with Gasteiger partial charge in [-0.15, -0.1) is 0 Å². The summed E-state index contributed by atoms with van der Waals surface area (Å²) in [7, 11) is 0. The van der Waals surface area contributed by atoms with Gasteiger partial charge < -0.3 is 30.6 Å². The zero-order chi connectivity index (χ0) is 36.7. The van der Waals surface area contributed by atoms with Crippen LogP contribution in [0, 0.1) is 0 Å². The Bertz CT molecular complexity index is 2080. The van der Waals surface area contributed by atoms with Gasteiger partial charge in [-0.25, -0.2) is 0 Å². The zero-order valence-electron chi connectivity index (χ0n) is 27.0. The third kappa shape index (κ3) is 4.96. The number of carbonyl (C=O) groups excluding carboxylic acids is 4. The fourth-order valence-electron chi connectivity index (χ4n) is 7.24. The normalized spacial score (nSPS) is 28.8. The van der Waals surface area contributed by atoms with Gasteiger partial charge in [0.15, 0.2) is 22.6 Å². The van der Waals surface area contributed by atoms with Crippen molar-refractivity contribution in [3.8, 4) is 0 Å². The van der Waals surface area contributed by atoms with Crippen molar-refractivity contribution in [2.24, 2.45) is 0 Å². The first-order valence-electron chi connectivity index (χ1n) is 16.0. The molecule has 0 amide bonds. The van der Waals surface area contributed by atoms with E-state index in [1.807, 2.05) is 0 Å². The van der Waals surface area contributed by atoms with Crippen molar-refractivity contribution >= 4 is 23.1 Å². The highest BCUT2D eigenvalue weighted by molar-refractivity contribution is 6.21. The highest BCUT2D eigenvalue weighted by Crippen LogP contribution is 2.58. The molecule has 51 heavy (non-hydrogen) atoms. The van der Waals surface area contributed by atoms with E-state index in [-0.39, 0.29) is 11.1 Å². The van der Waals surface area contributed by atoms with Crippen molar-refractivity contribution in [1.29, 1.82) is 0 Å². The summed E-state index contributed by atoms with van der Waals surface area (Å²) in [4.78, 5) is 59.3. The van der Waals surface area contributed by atoms with Crippen LogP contribution in [0.25, 0.3) is 0 Å². The molecule has 1 aliphatic rings. The first-order chi connectivity index (χ1) is 24.3. The first kappa shape index (κ1) is 35.4. The summed E-state index contributed by atoms with van der Waals surface area (Å²) in [5.74, 6) is -6.52. The fraction of sp³-hybridized carbons (Fsp3) is 0.171. The van der Waals surface area contributed by atoms with E-state index in [0.717, 1.165) is 36.4 Å². The predicted molar refractivity (Wildman–Crippen MR) is 184 cm³/mol. The zero-order valence-corrected chi connectivity index (χ0v) is 27.0. The lowest BCUT2D eigenvalue weighted by atomic mass is 9.43. The van der Waals surface area contributed by atoms with Crippen LogP contribution in [0.1, 0.15) is 47.0 Å². The summed E-state index contributed by atoms with van der Waals surface area (Å²) in [5.41, 5.74) is -21.9. The number of aliphatic hydroxyl groups is 6. The minimum absolute atomic E-state index is 0.0557. The average Bonchev–Trinajstić information content (AvgIpc) is 3.19. The van der Waals surface area contributed by atoms with E-state index in [0.29, 0.717) is 0 Å². The second-order valence-electron chi connectivity index (χ2n) is 12.7. The van der Waals surface area contributed by atoms with Crippen molar-refractivity contribution in [1.82, 2.24) is 0 Å². The van der Waals surface area contributed by atoms with Gasteiger partial charge in [-0.3, -0.25) is 19.2 Å². The number of rotatable bonds is 10. The van der Waals surface area contributed by atoms with Crippen molar-refractivity contribution in [3.63, 3.8) is 0 Å². The Kier molecular flexibility index (Phi) is 9.03. The molecule has 0 unspecified atom stereocenters. The fourth-order valence-corrected chi connectivity index (χ4v) is 7.24.